The van der Waals surface area contributed by atoms with Crippen molar-refractivity contribution in [3.8, 4) is 0 Å². The van der Waals surface area contributed by atoms with Gasteiger partial charge >= 0.3 is 5.97 Å². The van der Waals surface area contributed by atoms with Crippen LogP contribution in [0.25, 0.3) is 0 Å². The van der Waals surface area contributed by atoms with Gasteiger partial charge in [0, 0.05) is 12.5 Å². The lowest BCUT2D eigenvalue weighted by Crippen LogP contribution is -2.43. The summed E-state index contributed by atoms with van der Waals surface area (Å²) < 4.78 is 0. The first-order chi connectivity index (χ1) is 8.65. The molecule has 112 valence electrons. The molecule has 0 aromatic rings. The minimum absolute atomic E-state index is 0.0603. The summed E-state index contributed by atoms with van der Waals surface area (Å²) in [6.07, 6.45) is 3.22. The number of aliphatic carboxylic acids is 1. The van der Waals surface area contributed by atoms with Crippen LogP contribution >= 0.6 is 11.8 Å². The number of hydrogen-bond donors (Lipinski definition) is 3. The average molecular weight is 290 g/mol. The van der Waals surface area contributed by atoms with Crippen molar-refractivity contribution in [1.82, 2.24) is 5.32 Å². The van der Waals surface area contributed by atoms with Crippen molar-refractivity contribution in [1.29, 1.82) is 0 Å². The van der Waals surface area contributed by atoms with Crippen LogP contribution in [0.2, 0.25) is 0 Å². The van der Waals surface area contributed by atoms with Crippen LogP contribution < -0.4 is 11.1 Å². The molecule has 2 unspecified atom stereocenters. The number of rotatable bonds is 8. The number of carbonyl (C=O) groups is 2. The van der Waals surface area contributed by atoms with Gasteiger partial charge in [-0.3, -0.25) is 4.79 Å². The number of carbonyl (C=O) groups excluding carboxylic acids is 1. The Kier molecular flexibility index (Phi) is 8.09. The first-order valence-electron chi connectivity index (χ1n) is 6.42. The molecular weight excluding hydrogens is 264 g/mol. The van der Waals surface area contributed by atoms with Gasteiger partial charge in [0.25, 0.3) is 0 Å². The molecule has 0 fully saturated rings. The molecule has 1 amide bonds. The summed E-state index contributed by atoms with van der Waals surface area (Å²) in [6.45, 7) is 6.18. The molecule has 2 atom stereocenters. The quantitative estimate of drug-likeness (QED) is 0.629. The third-order valence-electron chi connectivity index (χ3n) is 2.57. The maximum absolute atomic E-state index is 11.8. The van der Waals surface area contributed by atoms with E-state index in [9.17, 15) is 9.59 Å². The number of thioether (sulfide) groups is 1. The van der Waals surface area contributed by atoms with E-state index in [4.69, 9.17) is 10.8 Å². The maximum Gasteiger partial charge on any atom is 0.326 e. The second-order valence-electron chi connectivity index (χ2n) is 5.97. The van der Waals surface area contributed by atoms with E-state index in [1.807, 2.05) is 6.26 Å². The predicted molar refractivity (Wildman–Crippen MR) is 79.2 cm³/mol. The van der Waals surface area contributed by atoms with Gasteiger partial charge in [-0.2, -0.15) is 11.8 Å². The van der Waals surface area contributed by atoms with Crippen LogP contribution in [0.5, 0.6) is 0 Å². The Labute approximate surface area is 119 Å². The summed E-state index contributed by atoms with van der Waals surface area (Å²) in [5.74, 6) is -0.581. The summed E-state index contributed by atoms with van der Waals surface area (Å²) in [6, 6.07) is -1.06. The Hall–Kier alpha value is -0.750. The standard InChI is InChI=1S/C13H26N2O3S/c1-13(2,3)8-9(14)7-11(16)15-10(12(17)18)5-6-19-4/h9-10H,5-8,14H2,1-4H3,(H,15,16)(H,17,18). The van der Waals surface area contributed by atoms with Crippen molar-refractivity contribution >= 4 is 23.6 Å². The number of carboxylic acids is 1. The molecule has 0 spiro atoms. The molecule has 0 aliphatic heterocycles. The highest BCUT2D eigenvalue weighted by molar-refractivity contribution is 7.98. The molecule has 19 heavy (non-hydrogen) atoms. The molecule has 5 nitrogen and oxygen atoms in total. The predicted octanol–water partition coefficient (Wildman–Crippen LogP) is 1.46. The first kappa shape index (κ1) is 18.2. The van der Waals surface area contributed by atoms with Crippen LogP contribution in [0.15, 0.2) is 0 Å². The van der Waals surface area contributed by atoms with Gasteiger partial charge in [-0.05, 0) is 30.3 Å². The van der Waals surface area contributed by atoms with Crippen molar-refractivity contribution < 1.29 is 14.7 Å². The Balaban J connectivity index is 4.22. The Bertz CT molecular complexity index is 303. The summed E-state index contributed by atoms with van der Waals surface area (Å²) in [5.41, 5.74) is 5.96. The van der Waals surface area contributed by atoms with E-state index in [0.29, 0.717) is 12.2 Å². The van der Waals surface area contributed by atoms with E-state index in [1.54, 1.807) is 11.8 Å². The average Bonchev–Trinajstić information content (AvgIpc) is 2.20. The van der Waals surface area contributed by atoms with Crippen molar-refractivity contribution in [2.75, 3.05) is 12.0 Å². The van der Waals surface area contributed by atoms with Gasteiger partial charge in [-0.15, -0.1) is 0 Å². The van der Waals surface area contributed by atoms with Crippen LogP contribution in [0.3, 0.4) is 0 Å². The molecule has 0 rings (SSSR count). The van der Waals surface area contributed by atoms with Gasteiger partial charge in [0.1, 0.15) is 6.04 Å². The Morgan fingerprint density at radius 1 is 1.37 bits per heavy atom. The zero-order chi connectivity index (χ0) is 15.1. The first-order valence-corrected chi connectivity index (χ1v) is 7.82. The van der Waals surface area contributed by atoms with E-state index in [-0.39, 0.29) is 23.8 Å². The summed E-state index contributed by atoms with van der Waals surface area (Å²) in [7, 11) is 0. The zero-order valence-electron chi connectivity index (χ0n) is 12.2. The van der Waals surface area contributed by atoms with E-state index in [1.165, 1.54) is 0 Å². The lowest BCUT2D eigenvalue weighted by atomic mass is 9.87. The van der Waals surface area contributed by atoms with Crippen molar-refractivity contribution in [2.24, 2.45) is 11.1 Å². The van der Waals surface area contributed by atoms with Crippen molar-refractivity contribution in [2.45, 2.75) is 52.1 Å². The fraction of sp³-hybridized carbons (Fsp3) is 0.846. The topological polar surface area (TPSA) is 92.4 Å². The van der Waals surface area contributed by atoms with Gasteiger partial charge in [0.2, 0.25) is 5.91 Å². The highest BCUT2D eigenvalue weighted by atomic mass is 32.2. The number of hydrogen-bond acceptors (Lipinski definition) is 4. The number of carboxylic acid groups (broad SMARTS) is 1. The van der Waals surface area contributed by atoms with Crippen LogP contribution in [0, 0.1) is 5.41 Å². The van der Waals surface area contributed by atoms with Crippen LogP contribution in [0.1, 0.15) is 40.0 Å². The lowest BCUT2D eigenvalue weighted by Gasteiger charge is -2.23. The maximum atomic E-state index is 11.8. The molecule has 0 aliphatic carbocycles. The number of nitrogens with two attached hydrogens (primary N) is 1. The molecule has 0 saturated carbocycles. The smallest absolute Gasteiger partial charge is 0.326 e. The zero-order valence-corrected chi connectivity index (χ0v) is 13.0. The molecule has 0 aromatic heterocycles. The molecule has 4 N–H and O–H groups in total. The molecule has 6 heteroatoms. The van der Waals surface area contributed by atoms with Gasteiger partial charge in [0.05, 0.1) is 0 Å². The molecule has 0 bridgehead atoms. The fourth-order valence-electron chi connectivity index (χ4n) is 1.84. The lowest BCUT2D eigenvalue weighted by molar-refractivity contribution is -0.141. The monoisotopic (exact) mass is 290 g/mol. The summed E-state index contributed by atoms with van der Waals surface area (Å²) >= 11 is 1.56. The van der Waals surface area contributed by atoms with E-state index in [2.05, 4.69) is 26.1 Å². The van der Waals surface area contributed by atoms with E-state index >= 15 is 0 Å². The summed E-state index contributed by atoms with van der Waals surface area (Å²) in [4.78, 5) is 22.8. The van der Waals surface area contributed by atoms with Crippen LogP contribution in [0.4, 0.5) is 0 Å². The minimum Gasteiger partial charge on any atom is -0.480 e. The van der Waals surface area contributed by atoms with E-state index in [0.717, 1.165) is 6.42 Å². The highest BCUT2D eigenvalue weighted by Crippen LogP contribution is 2.21. The number of amides is 1. The summed E-state index contributed by atoms with van der Waals surface area (Å²) in [5, 5.41) is 11.6. The molecule has 0 radical (unpaired) electrons. The molecule has 0 aliphatic rings. The largest absolute Gasteiger partial charge is 0.480 e. The van der Waals surface area contributed by atoms with Crippen molar-refractivity contribution in [3.63, 3.8) is 0 Å². The van der Waals surface area contributed by atoms with Gasteiger partial charge in [0.15, 0.2) is 0 Å². The Morgan fingerprint density at radius 3 is 2.37 bits per heavy atom. The van der Waals surface area contributed by atoms with E-state index < -0.39 is 12.0 Å². The molecule has 0 saturated heterocycles. The normalized spacial score (nSPS) is 14.8. The Morgan fingerprint density at radius 2 is 1.95 bits per heavy atom. The second-order valence-corrected chi connectivity index (χ2v) is 6.95. The SMILES string of the molecule is CSCCC(NC(=O)CC(N)CC(C)(C)C)C(=O)O. The minimum atomic E-state index is -0.994. The number of nitrogens with one attached hydrogen (secondary N) is 1. The highest BCUT2D eigenvalue weighted by Gasteiger charge is 2.22. The molecular formula is C13H26N2O3S. The molecule has 0 aromatic carbocycles. The fourth-order valence-corrected chi connectivity index (χ4v) is 2.31. The third kappa shape index (κ3) is 9.78. The second kappa shape index (κ2) is 8.43. The molecule has 0 heterocycles. The van der Waals surface area contributed by atoms with Crippen LogP contribution in [-0.2, 0) is 9.59 Å². The van der Waals surface area contributed by atoms with Gasteiger partial charge in [-0.1, -0.05) is 20.8 Å². The van der Waals surface area contributed by atoms with Gasteiger partial charge in [-0.25, -0.2) is 4.79 Å². The van der Waals surface area contributed by atoms with Crippen molar-refractivity contribution in [3.05, 3.63) is 0 Å². The van der Waals surface area contributed by atoms with Crippen LogP contribution in [-0.4, -0.2) is 41.1 Å². The van der Waals surface area contributed by atoms with Gasteiger partial charge < -0.3 is 16.2 Å². The third-order valence-corrected chi connectivity index (χ3v) is 3.21.